The van der Waals surface area contributed by atoms with E-state index in [2.05, 4.69) is 20.8 Å². The van der Waals surface area contributed by atoms with Gasteiger partial charge in [-0.2, -0.15) is 0 Å². The lowest BCUT2D eigenvalue weighted by Crippen LogP contribution is -2.16. The highest BCUT2D eigenvalue weighted by Crippen LogP contribution is 2.31. The number of ether oxygens (including phenoxy) is 2. The van der Waals surface area contributed by atoms with Crippen LogP contribution >= 0.6 is 47.4 Å². The predicted octanol–water partition coefficient (Wildman–Crippen LogP) is 4.41. The molecule has 11 heteroatoms. The minimum absolute atomic E-state index is 0. The van der Waals surface area contributed by atoms with E-state index in [1.807, 2.05) is 25.2 Å². The minimum Gasteiger partial charge on any atom is -0.493 e. The molecule has 0 atom stereocenters. The van der Waals surface area contributed by atoms with Gasteiger partial charge in [0.1, 0.15) is 6.61 Å². The summed E-state index contributed by atoms with van der Waals surface area (Å²) in [7, 11) is 3.44. The zero-order chi connectivity index (χ0) is 20.6. The van der Waals surface area contributed by atoms with Crippen LogP contribution in [0.5, 0.6) is 11.5 Å². The van der Waals surface area contributed by atoms with Crippen molar-refractivity contribution < 1.29 is 9.47 Å². The molecule has 7 nitrogen and oxygen atoms in total. The smallest absolute Gasteiger partial charge is 0.209 e. The first kappa shape index (κ1) is 24.6. The van der Waals surface area contributed by atoms with Crippen LogP contribution in [0.3, 0.4) is 0 Å². The summed E-state index contributed by atoms with van der Waals surface area (Å²) in [4.78, 5) is 0. The highest BCUT2D eigenvalue weighted by molar-refractivity contribution is 7.99. The monoisotopic (exact) mass is 489 g/mol. The molecule has 3 aromatic rings. The van der Waals surface area contributed by atoms with Gasteiger partial charge in [0.15, 0.2) is 11.5 Å². The molecular weight excluding hydrogens is 469 g/mol. The van der Waals surface area contributed by atoms with Crippen molar-refractivity contribution in [3.63, 3.8) is 0 Å². The fraction of sp³-hybridized carbons (Fsp3) is 0.316. The third-order valence-electron chi connectivity index (χ3n) is 4.08. The summed E-state index contributed by atoms with van der Waals surface area (Å²) in [6.07, 6.45) is 0. The quantitative estimate of drug-likeness (QED) is 0.333. The fourth-order valence-electron chi connectivity index (χ4n) is 2.55. The van der Waals surface area contributed by atoms with Crippen molar-refractivity contribution in [3.8, 4) is 11.5 Å². The van der Waals surface area contributed by atoms with Crippen molar-refractivity contribution >= 4 is 47.4 Å². The normalized spacial score (nSPS) is 10.5. The van der Waals surface area contributed by atoms with Crippen LogP contribution in [-0.2, 0) is 20.2 Å². The van der Waals surface area contributed by atoms with Crippen LogP contribution in [0, 0.1) is 0 Å². The number of halogens is 3. The minimum atomic E-state index is 0. The van der Waals surface area contributed by atoms with E-state index >= 15 is 0 Å². The van der Waals surface area contributed by atoms with Gasteiger partial charge in [-0.25, -0.2) is 4.68 Å². The molecule has 3 rings (SSSR count). The molecule has 1 aromatic heterocycles. The molecule has 0 saturated heterocycles. The summed E-state index contributed by atoms with van der Waals surface area (Å²) >= 11 is 14.0. The number of hydrogen-bond donors (Lipinski definition) is 1. The number of hydrogen-bond acceptors (Lipinski definition) is 7. The van der Waals surface area contributed by atoms with Gasteiger partial charge in [0.05, 0.1) is 7.11 Å². The van der Waals surface area contributed by atoms with E-state index in [-0.39, 0.29) is 19.0 Å². The average Bonchev–Trinajstić information content (AvgIpc) is 3.12. The number of rotatable bonds is 10. The second-order valence-corrected chi connectivity index (χ2v) is 7.96. The van der Waals surface area contributed by atoms with Gasteiger partial charge in [-0.05, 0) is 40.3 Å². The number of nitrogens with one attached hydrogen (secondary N) is 1. The van der Waals surface area contributed by atoms with Crippen molar-refractivity contribution in [2.45, 2.75) is 18.3 Å². The number of benzene rings is 2. The standard InChI is InChI=1S/C19H21Cl2N5O2S.ClH/c1-26-19(23-24-25-26)29-9-8-22-11-13-6-7-17(18(10-13)27-2)28-12-14-15(20)4-3-5-16(14)21;/h3-7,10,22H,8-9,11-12H2,1-2H3;1H. The molecule has 0 unspecified atom stereocenters. The molecule has 162 valence electrons. The molecule has 1 N–H and O–H groups in total. The molecule has 0 radical (unpaired) electrons. The molecule has 0 aliphatic carbocycles. The molecule has 0 bridgehead atoms. The lowest BCUT2D eigenvalue weighted by atomic mass is 10.2. The fourth-order valence-corrected chi connectivity index (χ4v) is 3.81. The second-order valence-electron chi connectivity index (χ2n) is 6.08. The number of tetrazole rings is 1. The summed E-state index contributed by atoms with van der Waals surface area (Å²) in [5, 5.41) is 16.7. The highest BCUT2D eigenvalue weighted by atomic mass is 35.5. The van der Waals surface area contributed by atoms with Crippen LogP contribution in [0.4, 0.5) is 0 Å². The molecule has 0 saturated carbocycles. The first-order chi connectivity index (χ1) is 14.1. The van der Waals surface area contributed by atoms with Gasteiger partial charge in [-0.15, -0.1) is 17.5 Å². The van der Waals surface area contributed by atoms with E-state index in [9.17, 15) is 0 Å². The van der Waals surface area contributed by atoms with Crippen LogP contribution in [0.1, 0.15) is 11.1 Å². The summed E-state index contributed by atoms with van der Waals surface area (Å²) in [5.41, 5.74) is 1.84. The van der Waals surface area contributed by atoms with Crippen molar-refractivity contribution in [1.29, 1.82) is 0 Å². The maximum Gasteiger partial charge on any atom is 0.209 e. The SMILES string of the molecule is COc1cc(CNCCSc2nnnn2C)ccc1OCc1c(Cl)cccc1Cl.Cl. The van der Waals surface area contributed by atoms with E-state index in [0.29, 0.717) is 28.1 Å². The molecule has 30 heavy (non-hydrogen) atoms. The Bertz CT molecular complexity index is 937. The maximum atomic E-state index is 6.20. The van der Waals surface area contributed by atoms with E-state index < -0.39 is 0 Å². The number of nitrogens with zero attached hydrogens (tertiary/aromatic N) is 4. The Labute approximate surface area is 195 Å². The van der Waals surface area contributed by atoms with E-state index in [1.54, 1.807) is 41.8 Å². The van der Waals surface area contributed by atoms with Gasteiger partial charge < -0.3 is 14.8 Å². The zero-order valence-electron chi connectivity index (χ0n) is 16.5. The summed E-state index contributed by atoms with van der Waals surface area (Å²) in [5.74, 6) is 2.16. The maximum absolute atomic E-state index is 6.20. The predicted molar refractivity (Wildman–Crippen MR) is 122 cm³/mol. The van der Waals surface area contributed by atoms with Crippen molar-refractivity contribution in [2.24, 2.45) is 7.05 Å². The van der Waals surface area contributed by atoms with Crippen LogP contribution in [0.15, 0.2) is 41.6 Å². The Morgan fingerprint density at radius 1 is 1.13 bits per heavy atom. The Balaban J connectivity index is 0.00000320. The molecule has 0 amide bonds. The number of methoxy groups -OCH3 is 1. The van der Waals surface area contributed by atoms with E-state index in [1.165, 1.54) is 0 Å². The molecular formula is C19H22Cl3N5O2S. The third-order valence-corrected chi connectivity index (χ3v) is 5.80. The van der Waals surface area contributed by atoms with Gasteiger partial charge >= 0.3 is 0 Å². The van der Waals surface area contributed by atoms with E-state index in [0.717, 1.165) is 28.6 Å². The van der Waals surface area contributed by atoms with Crippen LogP contribution in [0.25, 0.3) is 0 Å². The van der Waals surface area contributed by atoms with Crippen molar-refractivity contribution in [1.82, 2.24) is 25.5 Å². The van der Waals surface area contributed by atoms with Crippen LogP contribution in [0.2, 0.25) is 10.0 Å². The van der Waals surface area contributed by atoms with Gasteiger partial charge in [0, 0.05) is 41.5 Å². The van der Waals surface area contributed by atoms with Gasteiger partial charge in [-0.1, -0.05) is 47.1 Å². The lowest BCUT2D eigenvalue weighted by Gasteiger charge is -2.14. The Morgan fingerprint density at radius 2 is 1.90 bits per heavy atom. The molecule has 0 fully saturated rings. The van der Waals surface area contributed by atoms with Gasteiger partial charge in [-0.3, -0.25) is 0 Å². The highest BCUT2D eigenvalue weighted by Gasteiger charge is 2.10. The molecule has 1 heterocycles. The van der Waals surface area contributed by atoms with Crippen LogP contribution < -0.4 is 14.8 Å². The topological polar surface area (TPSA) is 74.1 Å². The number of aromatic nitrogens is 4. The first-order valence-electron chi connectivity index (χ1n) is 8.87. The Kier molecular flexibility index (Phi) is 10.0. The summed E-state index contributed by atoms with van der Waals surface area (Å²) in [6.45, 7) is 1.80. The van der Waals surface area contributed by atoms with Gasteiger partial charge in [0.25, 0.3) is 0 Å². The lowest BCUT2D eigenvalue weighted by molar-refractivity contribution is 0.284. The van der Waals surface area contributed by atoms with Crippen molar-refractivity contribution in [3.05, 3.63) is 57.6 Å². The second kappa shape index (κ2) is 12.2. The molecule has 0 aliphatic heterocycles. The Hall–Kier alpha value is -1.71. The number of aryl methyl sites for hydroxylation is 1. The Morgan fingerprint density at radius 3 is 2.57 bits per heavy atom. The van der Waals surface area contributed by atoms with Crippen molar-refractivity contribution in [2.75, 3.05) is 19.4 Å². The molecule has 0 aliphatic rings. The molecule has 2 aromatic carbocycles. The van der Waals surface area contributed by atoms with E-state index in [4.69, 9.17) is 32.7 Å². The first-order valence-corrected chi connectivity index (χ1v) is 10.6. The summed E-state index contributed by atoms with van der Waals surface area (Å²) < 4.78 is 13.0. The van der Waals surface area contributed by atoms with Gasteiger partial charge in [0.2, 0.25) is 5.16 Å². The zero-order valence-corrected chi connectivity index (χ0v) is 19.6. The average molecular weight is 491 g/mol. The van der Waals surface area contributed by atoms with Crippen LogP contribution in [-0.4, -0.2) is 39.6 Å². The third kappa shape index (κ3) is 6.65. The largest absolute Gasteiger partial charge is 0.493 e. The molecule has 0 spiro atoms. The number of thioether (sulfide) groups is 1. The summed E-state index contributed by atoms with van der Waals surface area (Å²) in [6, 6.07) is 11.2.